The molecule has 10 nitrogen and oxygen atoms in total. The summed E-state index contributed by atoms with van der Waals surface area (Å²) < 4.78 is 4.74. The third-order valence-corrected chi connectivity index (χ3v) is 5.31. The van der Waals surface area contributed by atoms with E-state index in [2.05, 4.69) is 20.3 Å². The van der Waals surface area contributed by atoms with E-state index >= 15 is 0 Å². The average Bonchev–Trinajstić information content (AvgIpc) is 3.22. The lowest BCUT2D eigenvalue weighted by Gasteiger charge is -2.31. The fourth-order valence-corrected chi connectivity index (χ4v) is 4.00. The number of aryl methyl sites for hydroxylation is 3. The van der Waals surface area contributed by atoms with Crippen molar-refractivity contribution in [3.05, 3.63) is 39.6 Å². The summed E-state index contributed by atoms with van der Waals surface area (Å²) in [5.74, 6) is 1.29. The van der Waals surface area contributed by atoms with E-state index in [9.17, 15) is 9.59 Å². The van der Waals surface area contributed by atoms with Gasteiger partial charge in [-0.2, -0.15) is 5.10 Å². The average molecular weight is 384 g/mol. The Morgan fingerprint density at radius 2 is 2.07 bits per heavy atom. The summed E-state index contributed by atoms with van der Waals surface area (Å²) in [6.07, 6.45) is 1.73. The number of piperidine rings is 1. The second-order valence-corrected chi connectivity index (χ2v) is 7.30. The molecule has 0 bridgehead atoms. The minimum absolute atomic E-state index is 0.0206. The van der Waals surface area contributed by atoms with Crippen molar-refractivity contribution in [3.8, 4) is 0 Å². The van der Waals surface area contributed by atoms with Crippen molar-refractivity contribution in [1.29, 1.82) is 0 Å². The summed E-state index contributed by atoms with van der Waals surface area (Å²) in [6, 6.07) is 1.90. The number of nitrogens with zero attached hydrogens (tertiary/aromatic N) is 8. The zero-order valence-corrected chi connectivity index (χ0v) is 16.6. The van der Waals surface area contributed by atoms with Gasteiger partial charge in [0.15, 0.2) is 0 Å². The predicted octanol–water partition coefficient (Wildman–Crippen LogP) is 0.676. The second-order valence-electron chi connectivity index (χ2n) is 7.30. The van der Waals surface area contributed by atoms with Gasteiger partial charge >= 0.3 is 5.69 Å². The van der Waals surface area contributed by atoms with E-state index in [0.717, 1.165) is 30.1 Å². The van der Waals surface area contributed by atoms with E-state index in [-0.39, 0.29) is 23.3 Å². The quantitative estimate of drug-likeness (QED) is 0.658. The van der Waals surface area contributed by atoms with Gasteiger partial charge in [-0.25, -0.2) is 14.5 Å². The van der Waals surface area contributed by atoms with Crippen LogP contribution in [0.4, 0.5) is 0 Å². The first-order valence-electron chi connectivity index (χ1n) is 9.53. The number of likely N-dealkylation sites (tertiary alicyclic amines) is 1. The molecule has 28 heavy (non-hydrogen) atoms. The van der Waals surface area contributed by atoms with Gasteiger partial charge in [0.05, 0.1) is 0 Å². The summed E-state index contributed by atoms with van der Waals surface area (Å²) in [5, 5.41) is 12.6. The van der Waals surface area contributed by atoms with Crippen molar-refractivity contribution in [2.24, 2.45) is 7.05 Å². The van der Waals surface area contributed by atoms with Crippen LogP contribution in [0, 0.1) is 13.8 Å². The zero-order valence-electron chi connectivity index (χ0n) is 16.6. The SMILES string of the molecule is CCn1c(C2CCCN(C(=O)c3nnc4nc(C)cc(C)n34)C2)nn(C)c1=O. The van der Waals surface area contributed by atoms with Gasteiger partial charge in [0.2, 0.25) is 5.82 Å². The molecule has 1 fully saturated rings. The molecule has 1 aliphatic rings. The van der Waals surface area contributed by atoms with Crippen molar-refractivity contribution in [2.45, 2.75) is 46.1 Å². The first kappa shape index (κ1) is 18.3. The van der Waals surface area contributed by atoms with Crippen LogP contribution >= 0.6 is 0 Å². The molecule has 0 aromatic carbocycles. The summed E-state index contributed by atoms with van der Waals surface area (Å²) in [4.78, 5) is 31.6. The van der Waals surface area contributed by atoms with Crippen LogP contribution in [-0.4, -0.2) is 57.8 Å². The molecular weight excluding hydrogens is 360 g/mol. The molecule has 0 saturated carbocycles. The number of rotatable bonds is 3. The van der Waals surface area contributed by atoms with Crippen molar-refractivity contribution in [3.63, 3.8) is 0 Å². The highest BCUT2D eigenvalue weighted by molar-refractivity contribution is 5.91. The fraction of sp³-hybridized carbons (Fsp3) is 0.556. The number of carbonyl (C=O) groups is 1. The van der Waals surface area contributed by atoms with Crippen molar-refractivity contribution >= 4 is 11.7 Å². The molecule has 1 aliphatic heterocycles. The molecule has 10 heteroatoms. The summed E-state index contributed by atoms with van der Waals surface area (Å²) >= 11 is 0. The Bertz CT molecular complexity index is 1110. The fourth-order valence-electron chi connectivity index (χ4n) is 4.00. The Labute approximate surface area is 161 Å². The molecule has 0 N–H and O–H groups in total. The molecule has 1 unspecified atom stereocenters. The topological polar surface area (TPSA) is 103 Å². The van der Waals surface area contributed by atoms with Gasteiger partial charge < -0.3 is 4.90 Å². The third kappa shape index (κ3) is 2.88. The van der Waals surface area contributed by atoms with Crippen LogP contribution < -0.4 is 5.69 Å². The number of hydrogen-bond acceptors (Lipinski definition) is 6. The number of aromatic nitrogens is 7. The van der Waals surface area contributed by atoms with E-state index in [1.807, 2.05) is 26.8 Å². The van der Waals surface area contributed by atoms with Gasteiger partial charge in [-0.05, 0) is 39.7 Å². The minimum Gasteiger partial charge on any atom is -0.335 e. The maximum absolute atomic E-state index is 13.2. The van der Waals surface area contributed by atoms with Crippen molar-refractivity contribution in [1.82, 2.24) is 38.8 Å². The van der Waals surface area contributed by atoms with E-state index in [4.69, 9.17) is 0 Å². The highest BCUT2D eigenvalue weighted by Gasteiger charge is 2.31. The standard InChI is InChI=1S/C18H24N8O2/c1-5-25-14(22-23(4)18(25)28)13-7-6-8-24(10-13)16(27)15-20-21-17-19-11(2)9-12(3)26(15)17/h9,13H,5-8,10H2,1-4H3. The predicted molar refractivity (Wildman–Crippen MR) is 101 cm³/mol. The molecule has 3 aromatic rings. The van der Waals surface area contributed by atoms with E-state index in [1.54, 1.807) is 20.9 Å². The minimum atomic E-state index is -0.174. The second kappa shape index (κ2) is 6.84. The molecule has 3 aromatic heterocycles. The first-order chi connectivity index (χ1) is 13.4. The van der Waals surface area contributed by atoms with Gasteiger partial charge in [-0.15, -0.1) is 10.2 Å². The summed E-state index contributed by atoms with van der Waals surface area (Å²) in [6.45, 7) is 7.44. The molecule has 1 saturated heterocycles. The van der Waals surface area contributed by atoms with Crippen LogP contribution in [0.3, 0.4) is 0 Å². The monoisotopic (exact) mass is 384 g/mol. The molecule has 4 rings (SSSR count). The first-order valence-corrected chi connectivity index (χ1v) is 9.53. The van der Waals surface area contributed by atoms with Crippen LogP contribution in [-0.2, 0) is 13.6 Å². The molecule has 1 atom stereocenters. The van der Waals surface area contributed by atoms with Gasteiger partial charge in [0, 0.05) is 44.0 Å². The molecule has 1 amide bonds. The lowest BCUT2D eigenvalue weighted by Crippen LogP contribution is -2.41. The zero-order chi connectivity index (χ0) is 20.0. The Morgan fingerprint density at radius 3 is 2.82 bits per heavy atom. The molecule has 148 valence electrons. The maximum atomic E-state index is 13.2. The van der Waals surface area contributed by atoms with Crippen LogP contribution in [0.15, 0.2) is 10.9 Å². The van der Waals surface area contributed by atoms with Crippen molar-refractivity contribution in [2.75, 3.05) is 13.1 Å². The van der Waals surface area contributed by atoms with E-state index in [1.165, 1.54) is 4.68 Å². The summed E-state index contributed by atoms with van der Waals surface area (Å²) in [5.41, 5.74) is 1.58. The largest absolute Gasteiger partial charge is 0.345 e. The molecule has 0 spiro atoms. The Balaban J connectivity index is 1.65. The van der Waals surface area contributed by atoms with Gasteiger partial charge in [-0.1, -0.05) is 0 Å². The lowest BCUT2D eigenvalue weighted by molar-refractivity contribution is 0.0689. The van der Waals surface area contributed by atoms with Gasteiger partial charge in [0.25, 0.3) is 11.7 Å². The smallest absolute Gasteiger partial charge is 0.335 e. The number of fused-ring (bicyclic) bond motifs is 1. The van der Waals surface area contributed by atoms with Crippen molar-refractivity contribution < 1.29 is 4.79 Å². The Kier molecular flexibility index (Phi) is 4.48. The van der Waals surface area contributed by atoms with Crippen LogP contribution in [0.25, 0.3) is 5.78 Å². The molecule has 0 radical (unpaired) electrons. The van der Waals surface area contributed by atoms with Crippen LogP contribution in [0.5, 0.6) is 0 Å². The third-order valence-electron chi connectivity index (χ3n) is 5.31. The molecular formula is C18H24N8O2. The van der Waals surface area contributed by atoms with Gasteiger partial charge in [0.1, 0.15) is 5.82 Å². The molecule has 4 heterocycles. The van der Waals surface area contributed by atoms with Gasteiger partial charge in [-0.3, -0.25) is 13.8 Å². The lowest BCUT2D eigenvalue weighted by atomic mass is 9.97. The highest BCUT2D eigenvalue weighted by atomic mass is 16.2. The Morgan fingerprint density at radius 1 is 1.29 bits per heavy atom. The highest BCUT2D eigenvalue weighted by Crippen LogP contribution is 2.26. The van der Waals surface area contributed by atoms with Crippen LogP contribution in [0.1, 0.15) is 53.5 Å². The Hall–Kier alpha value is -3.04. The van der Waals surface area contributed by atoms with E-state index < -0.39 is 0 Å². The normalized spacial score (nSPS) is 17.4. The van der Waals surface area contributed by atoms with E-state index in [0.29, 0.717) is 25.4 Å². The number of amides is 1. The maximum Gasteiger partial charge on any atom is 0.345 e. The van der Waals surface area contributed by atoms with Crippen LogP contribution in [0.2, 0.25) is 0 Å². The molecule has 0 aliphatic carbocycles. The number of hydrogen-bond donors (Lipinski definition) is 0. The summed E-state index contributed by atoms with van der Waals surface area (Å²) in [7, 11) is 1.66. The number of carbonyl (C=O) groups excluding carboxylic acids is 1.